The first-order valence-electron chi connectivity index (χ1n) is 29.6. The SMILES string of the molecule is [2H]c1c([2H])c([2H])c(-c2cc3c(c(-c4c([2H])c([2H])c([2H])c([2H])c4[2H])c2-n2[c](=[Pt])n(-c4[c-]c(Oc5[c-]c6c(cc5)c5ccccc5n6-c5cc(C)c(-c6ccc(C(C)(C)C)cc6)cn5)ccc4)c4ccccc42)CCC2CCCC32)c([2H])c1[2H]. The minimum absolute atomic E-state index is 0.0117. The first-order valence-corrected chi connectivity index (χ1v) is 25.7. The topological polar surface area (TPSA) is 36.9 Å². The molecule has 0 bridgehead atoms. The molecule has 13 rings (SSSR count). The number of hydrogen-bond acceptors (Lipinski definition) is 2. The Morgan fingerprint density at radius 1 is 0.653 bits per heavy atom. The van der Waals surface area contributed by atoms with E-state index in [1.165, 1.54) is 5.56 Å². The van der Waals surface area contributed by atoms with Gasteiger partial charge in [0.2, 0.25) is 0 Å². The second kappa shape index (κ2) is 17.8. The van der Waals surface area contributed by atoms with Crippen LogP contribution < -0.4 is 4.74 Å². The quantitative estimate of drug-likeness (QED) is 0.142. The summed E-state index contributed by atoms with van der Waals surface area (Å²) in [4.78, 5) is 5.07. The van der Waals surface area contributed by atoms with Gasteiger partial charge in [-0.05, 0) is 29.0 Å². The second-order valence-corrected chi connectivity index (χ2v) is 21.1. The third-order valence-electron chi connectivity index (χ3n) is 14.9. The maximum atomic E-state index is 9.54. The van der Waals surface area contributed by atoms with Crippen LogP contribution in [0.5, 0.6) is 11.5 Å². The van der Waals surface area contributed by atoms with E-state index in [-0.39, 0.29) is 22.5 Å². The molecule has 2 aliphatic carbocycles. The van der Waals surface area contributed by atoms with Crippen molar-refractivity contribution in [1.82, 2.24) is 18.7 Å². The molecule has 11 aromatic rings. The normalized spacial score (nSPS) is 17.5. The van der Waals surface area contributed by atoms with E-state index in [4.69, 9.17) is 17.9 Å². The molecule has 2 atom stereocenters. The van der Waals surface area contributed by atoms with Crippen LogP contribution >= 0.6 is 0 Å². The van der Waals surface area contributed by atoms with E-state index >= 15 is 0 Å². The summed E-state index contributed by atoms with van der Waals surface area (Å²) in [5.41, 5.74) is 10.9. The van der Waals surface area contributed by atoms with Crippen LogP contribution in [0, 0.1) is 28.8 Å². The molecule has 0 saturated heterocycles. The molecule has 5 nitrogen and oxygen atoms in total. The summed E-state index contributed by atoms with van der Waals surface area (Å²) >= 11 is 2.23. The first-order chi connectivity index (χ1) is 39.3. The van der Waals surface area contributed by atoms with Crippen molar-refractivity contribution in [3.8, 4) is 62.1 Å². The third kappa shape index (κ3) is 7.55. The molecule has 6 heteroatoms. The van der Waals surface area contributed by atoms with E-state index in [2.05, 4.69) is 106 Å². The fourth-order valence-electron chi connectivity index (χ4n) is 11.5. The van der Waals surface area contributed by atoms with Crippen LogP contribution in [0.15, 0.2) is 182 Å². The molecule has 1 fully saturated rings. The number of rotatable bonds is 8. The van der Waals surface area contributed by atoms with Crippen LogP contribution in [0.1, 0.15) is 88.3 Å². The van der Waals surface area contributed by atoms with Crippen molar-refractivity contribution in [3.05, 3.63) is 220 Å². The number of imidazole rings is 1. The fraction of sp³-hybridized carbons (Fsp3) is 0.182. The van der Waals surface area contributed by atoms with Crippen LogP contribution in [0.25, 0.3) is 83.4 Å². The predicted molar refractivity (Wildman–Crippen MR) is 290 cm³/mol. The van der Waals surface area contributed by atoms with Gasteiger partial charge in [-0.25, -0.2) is 0 Å². The zero-order valence-electron chi connectivity index (χ0n) is 50.3. The van der Waals surface area contributed by atoms with E-state index in [9.17, 15) is 5.48 Å². The molecule has 3 aromatic heterocycles. The molecule has 3 heterocycles. The molecular formula is C66H54N4OPt-2. The van der Waals surface area contributed by atoms with E-state index < -0.39 is 60.4 Å². The molecule has 0 amide bonds. The Morgan fingerprint density at radius 2 is 1.36 bits per heavy atom. The Morgan fingerprint density at radius 3 is 2.11 bits per heavy atom. The summed E-state index contributed by atoms with van der Waals surface area (Å²) < 4.78 is 104. The van der Waals surface area contributed by atoms with Gasteiger partial charge in [-0.2, -0.15) is 0 Å². The number of benzene rings is 8. The second-order valence-electron chi connectivity index (χ2n) is 20.1. The van der Waals surface area contributed by atoms with Crippen LogP contribution in [-0.4, -0.2) is 18.7 Å². The summed E-state index contributed by atoms with van der Waals surface area (Å²) in [5.74, 6) is 1.99. The van der Waals surface area contributed by atoms with Crippen LogP contribution in [0.2, 0.25) is 0 Å². The molecule has 0 radical (unpaired) electrons. The molecule has 2 aliphatic rings. The first kappa shape index (κ1) is 34.9. The Hall–Kier alpha value is -7.33. The van der Waals surface area contributed by atoms with Crippen molar-refractivity contribution < 1.29 is 37.8 Å². The van der Waals surface area contributed by atoms with Crippen LogP contribution in [0.4, 0.5) is 0 Å². The number of fused-ring (bicyclic) bond motifs is 7. The zero-order chi connectivity index (χ0) is 57.4. The summed E-state index contributed by atoms with van der Waals surface area (Å²) in [6.45, 7) is 8.75. The van der Waals surface area contributed by atoms with E-state index in [1.54, 1.807) is 0 Å². The van der Waals surface area contributed by atoms with Crippen molar-refractivity contribution in [1.29, 1.82) is 0 Å². The van der Waals surface area contributed by atoms with Gasteiger partial charge in [0, 0.05) is 11.8 Å². The average Bonchev–Trinajstić information content (AvgIpc) is 2.75. The van der Waals surface area contributed by atoms with E-state index in [1.807, 2.05) is 88.1 Å². The van der Waals surface area contributed by atoms with Gasteiger partial charge >= 0.3 is 351 Å². The number of ether oxygens (including phenoxy) is 1. The Balaban J connectivity index is 0.985. The monoisotopic (exact) mass is 1120 g/mol. The summed E-state index contributed by atoms with van der Waals surface area (Å²) in [6.07, 6.45) is 6.17. The molecule has 2 unspecified atom stereocenters. The zero-order valence-corrected chi connectivity index (χ0v) is 42.5. The van der Waals surface area contributed by atoms with Gasteiger partial charge in [0.15, 0.2) is 0 Å². The molecule has 0 N–H and O–H groups in total. The number of nitrogens with zero attached hydrogens (tertiary/aromatic N) is 4. The Labute approximate surface area is 446 Å². The molecule has 1 saturated carbocycles. The summed E-state index contributed by atoms with van der Waals surface area (Å²) in [5, 5.41) is 2.03. The fourth-order valence-corrected chi connectivity index (χ4v) is 12.6. The van der Waals surface area contributed by atoms with Crippen molar-refractivity contribution in [3.63, 3.8) is 0 Å². The van der Waals surface area contributed by atoms with Gasteiger partial charge in [0.1, 0.15) is 0 Å². The molecule has 0 aliphatic heterocycles. The number of para-hydroxylation sites is 3. The third-order valence-corrected chi connectivity index (χ3v) is 15.9. The van der Waals surface area contributed by atoms with Crippen molar-refractivity contribution in [2.24, 2.45) is 5.92 Å². The van der Waals surface area contributed by atoms with E-state index in [0.29, 0.717) is 61.2 Å². The molecule has 0 spiro atoms. The number of aryl methyl sites for hydroxylation is 1. The predicted octanol–water partition coefficient (Wildman–Crippen LogP) is 16.8. The van der Waals surface area contributed by atoms with Gasteiger partial charge in [-0.3, -0.25) is 0 Å². The van der Waals surface area contributed by atoms with E-state index in [0.717, 1.165) is 81.1 Å². The van der Waals surface area contributed by atoms with Gasteiger partial charge in [-0.15, -0.1) is 0 Å². The van der Waals surface area contributed by atoms with Crippen LogP contribution in [0.3, 0.4) is 0 Å². The Kier molecular flexibility index (Phi) is 8.61. The number of pyridine rings is 1. The molecule has 8 aromatic carbocycles. The van der Waals surface area contributed by atoms with Gasteiger partial charge < -0.3 is 0 Å². The van der Waals surface area contributed by atoms with Gasteiger partial charge in [-0.1, -0.05) is 57.2 Å². The molecular weight excluding hydrogens is 1060 g/mol. The molecule has 356 valence electrons. The number of aromatic nitrogens is 4. The summed E-state index contributed by atoms with van der Waals surface area (Å²) in [7, 11) is 0. The van der Waals surface area contributed by atoms with Crippen molar-refractivity contribution in [2.75, 3.05) is 0 Å². The minimum atomic E-state index is -0.535. The Bertz CT molecular complexity index is 4520. The number of hydrogen-bond donors (Lipinski definition) is 0. The van der Waals surface area contributed by atoms with Gasteiger partial charge in [0.05, 0.1) is 0 Å². The van der Waals surface area contributed by atoms with Gasteiger partial charge in [0.25, 0.3) is 0 Å². The van der Waals surface area contributed by atoms with Crippen LogP contribution in [-0.2, 0) is 31.2 Å². The standard InChI is InChI=1S/C66H54N4O.Pt/c1-43-37-63(67-41-58(43)46-29-32-48(33-30-46)66(2,3)4)70-59-26-12-11-24-53(59)54-36-34-51(39-62(54)70)71-50-23-16-22-49(38-50)68-42-69(61-28-14-13-27-60(61)68)65-56(44-17-7-5-8-18-44)40-57-52-25-15-21-45(52)31-35-55(57)64(65)47-19-9-6-10-20-47;/h5-14,16-20,22-24,26-30,32-34,36-37,40-41,45,52H,15,21,25,31,35H2,1-4H3;/q-2;/i5D,6D,7D,8D,9D,10D,17D,18D,19D,20D;. The van der Waals surface area contributed by atoms with Crippen molar-refractivity contribution in [2.45, 2.75) is 71.1 Å². The maximum absolute atomic E-state index is 9.54. The molecule has 72 heavy (non-hydrogen) atoms. The van der Waals surface area contributed by atoms with Crippen molar-refractivity contribution >= 4 is 32.8 Å². The summed E-state index contributed by atoms with van der Waals surface area (Å²) in [6, 6.07) is 40.7. The average molecular weight is 1120 g/mol.